The molecule has 2 aromatic rings. The first-order valence-electron chi connectivity index (χ1n) is 14.5. The van der Waals surface area contributed by atoms with Gasteiger partial charge in [-0.25, -0.2) is 13.1 Å². The number of ether oxygens (including phenoxy) is 1. The third kappa shape index (κ3) is 5.74. The maximum atomic E-state index is 13.2. The lowest BCUT2D eigenvalue weighted by molar-refractivity contribution is 0.0453. The van der Waals surface area contributed by atoms with Crippen LogP contribution in [0.25, 0.3) is 0 Å². The molecule has 0 saturated heterocycles. The topological polar surface area (TPSA) is 116 Å². The predicted octanol–water partition coefficient (Wildman–Crippen LogP) is 3.83. The number of aliphatic hydroxyl groups is 2. The first-order chi connectivity index (χ1) is 19.7. The first-order valence-corrected chi connectivity index (χ1v) is 16.5. The van der Waals surface area contributed by atoms with Crippen LogP contribution < -0.4 is 14.4 Å². The number of sulfonamides is 1. The summed E-state index contributed by atoms with van der Waals surface area (Å²) in [5.74, 6) is -0.506. The second-order valence-electron chi connectivity index (χ2n) is 12.1. The number of hydrogen-bond donors (Lipinski definition) is 3. The number of nitrogens with zero attached hydrogens (tertiary/aromatic N) is 1. The fraction of sp³-hybridized carbons (Fsp3) is 0.516. The van der Waals surface area contributed by atoms with Crippen molar-refractivity contribution >= 4 is 33.2 Å². The monoisotopic (exact) mass is 600 g/mol. The van der Waals surface area contributed by atoms with E-state index in [0.717, 1.165) is 42.8 Å². The number of carbonyl (C=O) groups excluding carboxylic acids is 1. The van der Waals surface area contributed by atoms with Gasteiger partial charge in [0.1, 0.15) is 5.75 Å². The number of fused-ring (bicyclic) bond motifs is 4. The molecule has 0 aromatic heterocycles. The molecule has 1 fully saturated rings. The van der Waals surface area contributed by atoms with Crippen LogP contribution in [0, 0.1) is 17.8 Å². The van der Waals surface area contributed by atoms with Crippen molar-refractivity contribution in [3.63, 3.8) is 0 Å². The van der Waals surface area contributed by atoms with Gasteiger partial charge in [-0.3, -0.25) is 4.79 Å². The molecule has 0 unspecified atom stereocenters. The molecule has 8 nitrogen and oxygen atoms in total. The van der Waals surface area contributed by atoms with Crippen molar-refractivity contribution in [3.8, 4) is 5.75 Å². The maximum Gasteiger partial charge on any atom is 0.264 e. The molecule has 10 heteroatoms. The van der Waals surface area contributed by atoms with Gasteiger partial charge in [0.2, 0.25) is 10.0 Å². The normalized spacial score (nSPS) is 32.0. The largest absolute Gasteiger partial charge is 0.490 e. The number of aryl methyl sites for hydroxylation is 1. The van der Waals surface area contributed by atoms with Crippen LogP contribution in [0.3, 0.4) is 0 Å². The number of carbonyl (C=O) groups is 1. The lowest BCUT2D eigenvalue weighted by Gasteiger charge is -2.45. The highest BCUT2D eigenvalue weighted by molar-refractivity contribution is 7.90. The average molecular weight is 601 g/mol. The van der Waals surface area contributed by atoms with Crippen LogP contribution in [0.5, 0.6) is 5.75 Å². The second kappa shape index (κ2) is 11.2. The molecule has 2 bridgehead atoms. The number of halogens is 1. The van der Waals surface area contributed by atoms with Gasteiger partial charge < -0.3 is 19.8 Å². The van der Waals surface area contributed by atoms with Gasteiger partial charge in [0.15, 0.2) is 0 Å². The fourth-order valence-electron chi connectivity index (χ4n) is 7.03. The zero-order valence-corrected chi connectivity index (χ0v) is 24.5. The molecule has 2 heterocycles. The standard InChI is InChI=1S/C31H37ClN2O6S/c32-24-6-8-26-21(14-24)2-1-12-31(26)18-34-16-23-4-7-25(23)28(36)9-3-20(17-35)11-13-41(38,39)33-30(37)22-5-10-29(40-19-31)27(34)15-22/h3,5-6,8-10,14-15,20,23,25,28,35-36H,1-2,4,7,11-13,16-19H2,(H,33,37)/b9-3+/t20-,23+,25-,28+,31+/m1/s1. The third-order valence-corrected chi connectivity index (χ3v) is 11.0. The van der Waals surface area contributed by atoms with E-state index >= 15 is 0 Å². The van der Waals surface area contributed by atoms with Gasteiger partial charge in [-0.05, 0) is 91.8 Å². The number of aliphatic hydroxyl groups excluding tert-OH is 2. The van der Waals surface area contributed by atoms with Crippen molar-refractivity contribution in [2.24, 2.45) is 17.8 Å². The molecule has 1 spiro atoms. The maximum absolute atomic E-state index is 13.2. The number of hydrogen-bond acceptors (Lipinski definition) is 7. The third-order valence-electron chi connectivity index (χ3n) is 9.49. The highest BCUT2D eigenvalue weighted by Crippen LogP contribution is 2.46. The Morgan fingerprint density at radius 3 is 2.76 bits per heavy atom. The predicted molar refractivity (Wildman–Crippen MR) is 158 cm³/mol. The molecule has 3 N–H and O–H groups in total. The summed E-state index contributed by atoms with van der Waals surface area (Å²) in [5, 5.41) is 21.6. The van der Waals surface area contributed by atoms with E-state index in [2.05, 4.69) is 21.8 Å². The van der Waals surface area contributed by atoms with Crippen LogP contribution in [0.2, 0.25) is 5.02 Å². The smallest absolute Gasteiger partial charge is 0.264 e. The van der Waals surface area contributed by atoms with Crippen molar-refractivity contribution in [1.82, 2.24) is 4.72 Å². The van der Waals surface area contributed by atoms with E-state index in [1.165, 1.54) is 11.1 Å². The summed E-state index contributed by atoms with van der Waals surface area (Å²) in [7, 11) is -3.94. The zero-order chi connectivity index (χ0) is 28.8. The molecule has 4 aliphatic rings. The molecule has 6 rings (SSSR count). The molecule has 2 aromatic carbocycles. The SMILES string of the molecule is O=C1NS(=O)(=O)CC[C@H](CO)/C=C/[C@H](O)[C@@H]2CC[C@H]2CN2C[C@@]3(CCCc4cc(Cl)ccc43)COc3ccc1cc32. The van der Waals surface area contributed by atoms with Crippen LogP contribution in [-0.4, -0.2) is 62.7 Å². The van der Waals surface area contributed by atoms with Crippen LogP contribution >= 0.6 is 11.6 Å². The van der Waals surface area contributed by atoms with E-state index in [9.17, 15) is 23.4 Å². The van der Waals surface area contributed by atoms with E-state index in [-0.39, 0.29) is 41.6 Å². The number of nitrogens with one attached hydrogen (secondary N) is 1. The first kappa shape index (κ1) is 28.5. The molecule has 5 atom stereocenters. The van der Waals surface area contributed by atoms with Gasteiger partial charge in [0.05, 0.1) is 24.2 Å². The van der Waals surface area contributed by atoms with Crippen molar-refractivity contribution < 1.29 is 28.2 Å². The molecule has 0 radical (unpaired) electrons. The van der Waals surface area contributed by atoms with Crippen LogP contribution in [0.4, 0.5) is 5.69 Å². The van der Waals surface area contributed by atoms with E-state index in [4.69, 9.17) is 16.3 Å². The second-order valence-corrected chi connectivity index (χ2v) is 14.4. The summed E-state index contributed by atoms with van der Waals surface area (Å²) in [6.45, 7) is 1.57. The van der Waals surface area contributed by atoms with Crippen LogP contribution in [0.15, 0.2) is 48.6 Å². The van der Waals surface area contributed by atoms with E-state index in [1.807, 2.05) is 6.07 Å². The number of amides is 1. The number of anilines is 1. The Morgan fingerprint density at radius 1 is 1.12 bits per heavy atom. The van der Waals surface area contributed by atoms with Crippen molar-refractivity contribution in [2.75, 3.05) is 37.0 Å². The van der Waals surface area contributed by atoms with Crippen LogP contribution in [-0.2, 0) is 21.9 Å². The molecular formula is C31H37ClN2O6S. The molecule has 220 valence electrons. The molecule has 1 saturated carbocycles. The van der Waals surface area contributed by atoms with E-state index < -0.39 is 28.0 Å². The van der Waals surface area contributed by atoms with E-state index in [1.54, 1.807) is 30.4 Å². The minimum absolute atomic E-state index is 0.0507. The van der Waals surface area contributed by atoms with Crippen molar-refractivity contribution in [1.29, 1.82) is 0 Å². The molecule has 2 aliphatic heterocycles. The van der Waals surface area contributed by atoms with Crippen molar-refractivity contribution in [3.05, 3.63) is 70.3 Å². The van der Waals surface area contributed by atoms with Crippen molar-refractivity contribution in [2.45, 2.75) is 50.0 Å². The van der Waals surface area contributed by atoms with Gasteiger partial charge >= 0.3 is 0 Å². The lowest BCUT2D eigenvalue weighted by Crippen LogP contribution is -2.49. The zero-order valence-electron chi connectivity index (χ0n) is 23.0. The van der Waals surface area contributed by atoms with Gasteiger partial charge in [0, 0.05) is 41.6 Å². The summed E-state index contributed by atoms with van der Waals surface area (Å²) in [6, 6.07) is 11.2. The van der Waals surface area contributed by atoms with E-state index in [0.29, 0.717) is 25.4 Å². The molecule has 2 aliphatic carbocycles. The Kier molecular flexibility index (Phi) is 7.82. The Morgan fingerprint density at radius 2 is 1.98 bits per heavy atom. The Bertz CT molecular complexity index is 1460. The summed E-state index contributed by atoms with van der Waals surface area (Å²) < 4.78 is 34.2. The fourth-order valence-corrected chi connectivity index (χ4v) is 8.34. The van der Waals surface area contributed by atoms with Gasteiger partial charge in [-0.2, -0.15) is 0 Å². The highest BCUT2D eigenvalue weighted by atomic mass is 35.5. The van der Waals surface area contributed by atoms with Crippen LogP contribution in [0.1, 0.15) is 53.6 Å². The van der Waals surface area contributed by atoms with Gasteiger partial charge in [0.25, 0.3) is 5.91 Å². The molecule has 1 amide bonds. The summed E-state index contributed by atoms with van der Waals surface area (Å²) in [5.41, 5.74) is 3.19. The molecular weight excluding hydrogens is 564 g/mol. The quantitative estimate of drug-likeness (QED) is 0.426. The minimum Gasteiger partial charge on any atom is -0.490 e. The average Bonchev–Trinajstić information content (AvgIpc) is 3.07. The summed E-state index contributed by atoms with van der Waals surface area (Å²) in [4.78, 5) is 15.4. The summed E-state index contributed by atoms with van der Waals surface area (Å²) >= 11 is 6.36. The van der Waals surface area contributed by atoms with Gasteiger partial charge in [-0.1, -0.05) is 29.8 Å². The number of rotatable bonds is 1. The Balaban J connectivity index is 1.41. The summed E-state index contributed by atoms with van der Waals surface area (Å²) in [6.07, 6.45) is 7.64. The molecule has 41 heavy (non-hydrogen) atoms. The minimum atomic E-state index is -3.94. The lowest BCUT2D eigenvalue weighted by atomic mass is 9.68. The van der Waals surface area contributed by atoms with Gasteiger partial charge in [-0.15, -0.1) is 0 Å². The highest BCUT2D eigenvalue weighted by Gasteiger charge is 2.44. The Hall–Kier alpha value is -2.59. The number of benzene rings is 2. The Labute approximate surface area is 246 Å².